The molecule has 0 amide bonds. The van der Waals surface area contributed by atoms with Gasteiger partial charge in [0.05, 0.1) is 0 Å². The predicted octanol–water partition coefficient (Wildman–Crippen LogP) is 2.92. The molecule has 0 fully saturated rings. The molecule has 0 spiro atoms. The van der Waals surface area contributed by atoms with Gasteiger partial charge in [-0.3, -0.25) is 0 Å². The second kappa shape index (κ2) is 4.15. The highest BCUT2D eigenvalue weighted by Gasteiger charge is 2.00. The molecule has 1 aromatic carbocycles. The minimum absolute atomic E-state index is 0.948. The Morgan fingerprint density at radius 1 is 1.33 bits per heavy atom. The maximum atomic E-state index is 5.86. The molecule has 0 radical (unpaired) electrons. The van der Waals surface area contributed by atoms with Crippen molar-refractivity contribution in [2.24, 2.45) is 0 Å². The summed E-state index contributed by atoms with van der Waals surface area (Å²) < 4.78 is 0. The van der Waals surface area contributed by atoms with Gasteiger partial charge < -0.3 is 5.73 Å². The molecule has 1 aromatic rings. The molecule has 12 heavy (non-hydrogen) atoms. The fraction of sp³-hybridized carbons (Fsp3) is 0.455. The highest BCUT2D eigenvalue weighted by Crippen LogP contribution is 2.18. The van der Waals surface area contributed by atoms with E-state index in [2.05, 4.69) is 19.9 Å². The fourth-order valence-corrected chi connectivity index (χ4v) is 1.42. The van der Waals surface area contributed by atoms with Gasteiger partial charge >= 0.3 is 0 Å². The van der Waals surface area contributed by atoms with E-state index in [1.165, 1.54) is 24.0 Å². The van der Waals surface area contributed by atoms with Crippen LogP contribution in [0, 0.1) is 6.92 Å². The van der Waals surface area contributed by atoms with E-state index in [9.17, 15) is 0 Å². The van der Waals surface area contributed by atoms with E-state index >= 15 is 0 Å². The quantitative estimate of drug-likeness (QED) is 0.681. The lowest BCUT2D eigenvalue weighted by Crippen LogP contribution is -1.96. The van der Waals surface area contributed by atoms with Crippen LogP contribution in [0.5, 0.6) is 0 Å². The Balaban J connectivity index is 2.81. The number of unbranched alkanes of at least 4 members (excludes halogenated alkanes) is 1. The topological polar surface area (TPSA) is 26.0 Å². The van der Waals surface area contributed by atoms with Crippen molar-refractivity contribution in [3.05, 3.63) is 29.3 Å². The van der Waals surface area contributed by atoms with E-state index in [0.717, 1.165) is 12.1 Å². The standard InChI is InChI=1S/C11H17N/c1-3-4-7-10-9(2)6-5-8-11(10)12/h5-6,8H,3-4,7,12H2,1-2H3. The third kappa shape index (κ3) is 2.00. The van der Waals surface area contributed by atoms with Crippen molar-refractivity contribution in [2.45, 2.75) is 33.1 Å². The summed E-state index contributed by atoms with van der Waals surface area (Å²) in [5, 5.41) is 0. The van der Waals surface area contributed by atoms with Crippen molar-refractivity contribution < 1.29 is 0 Å². The maximum Gasteiger partial charge on any atom is 0.0349 e. The predicted molar refractivity (Wildman–Crippen MR) is 54.2 cm³/mol. The van der Waals surface area contributed by atoms with Crippen molar-refractivity contribution in [3.63, 3.8) is 0 Å². The average molecular weight is 163 g/mol. The van der Waals surface area contributed by atoms with Gasteiger partial charge in [-0.25, -0.2) is 0 Å². The van der Waals surface area contributed by atoms with Crippen LogP contribution in [-0.2, 0) is 6.42 Å². The number of nitrogen functional groups attached to an aromatic ring is 1. The van der Waals surface area contributed by atoms with Crippen molar-refractivity contribution in [1.82, 2.24) is 0 Å². The molecule has 0 aliphatic heterocycles. The lowest BCUT2D eigenvalue weighted by molar-refractivity contribution is 0.793. The Morgan fingerprint density at radius 3 is 2.67 bits per heavy atom. The van der Waals surface area contributed by atoms with Gasteiger partial charge in [0.2, 0.25) is 0 Å². The van der Waals surface area contributed by atoms with Crippen LogP contribution in [0.2, 0.25) is 0 Å². The van der Waals surface area contributed by atoms with Crippen LogP contribution in [0.15, 0.2) is 18.2 Å². The number of rotatable bonds is 3. The van der Waals surface area contributed by atoms with Crippen LogP contribution in [-0.4, -0.2) is 0 Å². The maximum absolute atomic E-state index is 5.86. The summed E-state index contributed by atoms with van der Waals surface area (Å²) in [6.07, 6.45) is 3.58. The monoisotopic (exact) mass is 163 g/mol. The van der Waals surface area contributed by atoms with Gasteiger partial charge in [0.15, 0.2) is 0 Å². The molecule has 0 bridgehead atoms. The van der Waals surface area contributed by atoms with Crippen LogP contribution < -0.4 is 5.73 Å². The summed E-state index contributed by atoms with van der Waals surface area (Å²) in [6.45, 7) is 4.33. The van der Waals surface area contributed by atoms with E-state index < -0.39 is 0 Å². The first-order valence-corrected chi connectivity index (χ1v) is 4.59. The van der Waals surface area contributed by atoms with E-state index in [4.69, 9.17) is 5.73 Å². The molecule has 0 atom stereocenters. The zero-order chi connectivity index (χ0) is 8.97. The van der Waals surface area contributed by atoms with Gasteiger partial charge in [0.1, 0.15) is 0 Å². The average Bonchev–Trinajstić information content (AvgIpc) is 2.04. The molecule has 1 heteroatoms. The summed E-state index contributed by atoms with van der Waals surface area (Å²) in [6, 6.07) is 6.12. The molecule has 1 rings (SSSR count). The second-order valence-corrected chi connectivity index (χ2v) is 3.25. The highest BCUT2D eigenvalue weighted by molar-refractivity contribution is 5.50. The van der Waals surface area contributed by atoms with Gasteiger partial charge in [0, 0.05) is 5.69 Å². The molecular formula is C11H17N. The Hall–Kier alpha value is -0.980. The molecule has 0 aliphatic rings. The molecule has 0 saturated carbocycles. The Morgan fingerprint density at radius 2 is 2.08 bits per heavy atom. The highest BCUT2D eigenvalue weighted by atomic mass is 14.6. The number of benzene rings is 1. The molecule has 66 valence electrons. The first-order chi connectivity index (χ1) is 5.75. The van der Waals surface area contributed by atoms with Crippen LogP contribution >= 0.6 is 0 Å². The van der Waals surface area contributed by atoms with Crippen LogP contribution in [0.1, 0.15) is 30.9 Å². The normalized spacial score (nSPS) is 10.2. The molecule has 2 N–H and O–H groups in total. The summed E-state index contributed by atoms with van der Waals surface area (Å²) in [4.78, 5) is 0. The summed E-state index contributed by atoms with van der Waals surface area (Å²) in [7, 11) is 0. The smallest absolute Gasteiger partial charge is 0.0349 e. The van der Waals surface area contributed by atoms with Crippen LogP contribution in [0.3, 0.4) is 0 Å². The Bertz CT molecular complexity index is 233. The number of anilines is 1. The molecule has 0 aliphatic carbocycles. The van der Waals surface area contributed by atoms with Gasteiger partial charge in [-0.1, -0.05) is 25.5 Å². The van der Waals surface area contributed by atoms with Gasteiger partial charge in [-0.2, -0.15) is 0 Å². The first kappa shape index (κ1) is 9.11. The molecule has 0 saturated heterocycles. The number of hydrogen-bond donors (Lipinski definition) is 1. The van der Waals surface area contributed by atoms with Gasteiger partial charge in [-0.05, 0) is 37.0 Å². The molecule has 0 unspecified atom stereocenters. The lowest BCUT2D eigenvalue weighted by atomic mass is 10.0. The number of aryl methyl sites for hydroxylation is 1. The Kier molecular flexibility index (Phi) is 3.15. The van der Waals surface area contributed by atoms with Crippen LogP contribution in [0.25, 0.3) is 0 Å². The third-order valence-electron chi connectivity index (χ3n) is 2.23. The van der Waals surface area contributed by atoms with E-state index in [-0.39, 0.29) is 0 Å². The van der Waals surface area contributed by atoms with Crippen molar-refractivity contribution >= 4 is 5.69 Å². The lowest BCUT2D eigenvalue weighted by Gasteiger charge is -2.07. The number of nitrogens with two attached hydrogens (primary N) is 1. The molecule has 0 aromatic heterocycles. The van der Waals surface area contributed by atoms with E-state index in [0.29, 0.717) is 0 Å². The van der Waals surface area contributed by atoms with Gasteiger partial charge in [0.25, 0.3) is 0 Å². The zero-order valence-electron chi connectivity index (χ0n) is 7.93. The molecular weight excluding hydrogens is 146 g/mol. The van der Waals surface area contributed by atoms with Crippen molar-refractivity contribution in [1.29, 1.82) is 0 Å². The minimum Gasteiger partial charge on any atom is -0.398 e. The molecule has 1 nitrogen and oxygen atoms in total. The third-order valence-corrected chi connectivity index (χ3v) is 2.23. The summed E-state index contributed by atoms with van der Waals surface area (Å²) in [5.41, 5.74) is 9.47. The van der Waals surface area contributed by atoms with Crippen molar-refractivity contribution in [2.75, 3.05) is 5.73 Å². The molecule has 0 heterocycles. The Labute approximate surface area is 74.6 Å². The fourth-order valence-electron chi connectivity index (χ4n) is 1.42. The van der Waals surface area contributed by atoms with E-state index in [1.807, 2.05) is 12.1 Å². The minimum atomic E-state index is 0.948. The SMILES string of the molecule is CCCCc1c(C)cccc1N. The van der Waals surface area contributed by atoms with Gasteiger partial charge in [-0.15, -0.1) is 0 Å². The largest absolute Gasteiger partial charge is 0.398 e. The summed E-state index contributed by atoms with van der Waals surface area (Å²) >= 11 is 0. The van der Waals surface area contributed by atoms with Crippen LogP contribution in [0.4, 0.5) is 5.69 Å². The zero-order valence-corrected chi connectivity index (χ0v) is 7.93. The van der Waals surface area contributed by atoms with Crippen molar-refractivity contribution in [3.8, 4) is 0 Å². The van der Waals surface area contributed by atoms with E-state index in [1.54, 1.807) is 0 Å². The first-order valence-electron chi connectivity index (χ1n) is 4.59. The number of hydrogen-bond acceptors (Lipinski definition) is 1. The summed E-state index contributed by atoms with van der Waals surface area (Å²) in [5.74, 6) is 0. The second-order valence-electron chi connectivity index (χ2n) is 3.25.